The highest BCUT2D eigenvalue weighted by molar-refractivity contribution is 5.79. The molecule has 1 aliphatic carbocycles. The Morgan fingerprint density at radius 3 is 2.28 bits per heavy atom. The predicted octanol–water partition coefficient (Wildman–Crippen LogP) is 2.79. The van der Waals surface area contributed by atoms with Gasteiger partial charge in [0.15, 0.2) is 0 Å². The fraction of sp³-hybridized carbons (Fsp3) is 0.933. The van der Waals surface area contributed by atoms with E-state index in [1.165, 1.54) is 25.7 Å². The quantitative estimate of drug-likeness (QED) is 0.820. The van der Waals surface area contributed by atoms with Crippen molar-refractivity contribution in [2.45, 2.75) is 65.8 Å². The average Bonchev–Trinajstić information content (AvgIpc) is 2.79. The van der Waals surface area contributed by atoms with Gasteiger partial charge in [-0.25, -0.2) is 0 Å². The Balaban J connectivity index is 2.68. The second-order valence-corrected chi connectivity index (χ2v) is 6.76. The molecule has 0 spiro atoms. The van der Waals surface area contributed by atoms with Gasteiger partial charge < -0.3 is 10.6 Å². The van der Waals surface area contributed by atoms with Crippen molar-refractivity contribution in [3.05, 3.63) is 0 Å². The van der Waals surface area contributed by atoms with Gasteiger partial charge in [-0.15, -0.1) is 0 Å². The molecule has 2 N–H and O–H groups in total. The van der Waals surface area contributed by atoms with Crippen molar-refractivity contribution in [2.24, 2.45) is 17.1 Å². The van der Waals surface area contributed by atoms with Gasteiger partial charge in [-0.2, -0.15) is 0 Å². The topological polar surface area (TPSA) is 46.3 Å². The Kier molecular flexibility index (Phi) is 5.64. The standard InChI is InChI=1S/C15H30N2O/c1-5-17(13-8-6-7-9-13)14(18)12(11-16)10-15(2,3)4/h12-13H,5-11,16H2,1-4H3. The summed E-state index contributed by atoms with van der Waals surface area (Å²) in [5, 5.41) is 0. The molecule has 1 unspecified atom stereocenters. The number of nitrogens with zero attached hydrogens (tertiary/aromatic N) is 1. The van der Waals surface area contributed by atoms with E-state index in [4.69, 9.17) is 5.73 Å². The van der Waals surface area contributed by atoms with Crippen LogP contribution in [0.5, 0.6) is 0 Å². The maximum Gasteiger partial charge on any atom is 0.227 e. The SMILES string of the molecule is CCN(C(=O)C(CN)CC(C)(C)C)C1CCCC1. The number of hydrogen-bond acceptors (Lipinski definition) is 2. The zero-order valence-corrected chi connectivity index (χ0v) is 12.5. The molecule has 0 saturated heterocycles. The van der Waals surface area contributed by atoms with E-state index in [1.54, 1.807) is 0 Å². The van der Waals surface area contributed by atoms with Gasteiger partial charge in [-0.1, -0.05) is 33.6 Å². The molecular formula is C15H30N2O. The molecule has 1 saturated carbocycles. The van der Waals surface area contributed by atoms with Crippen LogP contribution in [0.4, 0.5) is 0 Å². The summed E-state index contributed by atoms with van der Waals surface area (Å²) in [4.78, 5) is 14.7. The van der Waals surface area contributed by atoms with Crippen molar-refractivity contribution in [1.29, 1.82) is 0 Å². The highest BCUT2D eigenvalue weighted by atomic mass is 16.2. The minimum Gasteiger partial charge on any atom is -0.340 e. The zero-order valence-electron chi connectivity index (χ0n) is 12.5. The third-order valence-electron chi connectivity index (χ3n) is 3.88. The minimum absolute atomic E-state index is 0.00875. The normalized spacial score (nSPS) is 18.9. The summed E-state index contributed by atoms with van der Waals surface area (Å²) in [6.45, 7) is 9.91. The Morgan fingerprint density at radius 2 is 1.89 bits per heavy atom. The molecule has 0 aromatic heterocycles. The van der Waals surface area contributed by atoms with E-state index in [9.17, 15) is 4.79 Å². The van der Waals surface area contributed by atoms with Crippen molar-refractivity contribution in [2.75, 3.05) is 13.1 Å². The molecule has 106 valence electrons. The number of carbonyl (C=O) groups excluding carboxylic acids is 1. The van der Waals surface area contributed by atoms with Crippen LogP contribution in [-0.4, -0.2) is 29.9 Å². The van der Waals surface area contributed by atoms with E-state index >= 15 is 0 Å². The summed E-state index contributed by atoms with van der Waals surface area (Å²) in [5.74, 6) is 0.271. The van der Waals surface area contributed by atoms with Crippen LogP contribution >= 0.6 is 0 Å². The maximum atomic E-state index is 12.6. The maximum absolute atomic E-state index is 12.6. The molecule has 3 nitrogen and oxygen atoms in total. The molecule has 18 heavy (non-hydrogen) atoms. The summed E-state index contributed by atoms with van der Waals surface area (Å²) >= 11 is 0. The van der Waals surface area contributed by atoms with Crippen LogP contribution in [-0.2, 0) is 4.79 Å². The van der Waals surface area contributed by atoms with Crippen LogP contribution in [0, 0.1) is 11.3 Å². The van der Waals surface area contributed by atoms with Gasteiger partial charge in [0.25, 0.3) is 0 Å². The third kappa shape index (κ3) is 4.27. The molecule has 1 atom stereocenters. The first-order chi connectivity index (χ1) is 8.39. The monoisotopic (exact) mass is 254 g/mol. The first-order valence-corrected chi connectivity index (χ1v) is 7.39. The summed E-state index contributed by atoms with van der Waals surface area (Å²) in [6, 6.07) is 0.469. The Labute approximate surface area is 112 Å². The molecule has 1 aliphatic rings. The van der Waals surface area contributed by atoms with Crippen molar-refractivity contribution >= 4 is 5.91 Å². The number of hydrogen-bond donors (Lipinski definition) is 1. The van der Waals surface area contributed by atoms with Crippen LogP contribution in [0.1, 0.15) is 59.8 Å². The number of amides is 1. The molecule has 3 heteroatoms. The van der Waals surface area contributed by atoms with Crippen LogP contribution in [0.3, 0.4) is 0 Å². The first-order valence-electron chi connectivity index (χ1n) is 7.39. The van der Waals surface area contributed by atoms with Crippen molar-refractivity contribution in [3.63, 3.8) is 0 Å². The largest absolute Gasteiger partial charge is 0.340 e. The molecule has 1 amide bonds. The third-order valence-corrected chi connectivity index (χ3v) is 3.88. The summed E-state index contributed by atoms with van der Waals surface area (Å²) < 4.78 is 0. The fourth-order valence-corrected chi connectivity index (χ4v) is 3.06. The fourth-order valence-electron chi connectivity index (χ4n) is 3.06. The Hall–Kier alpha value is -0.570. The molecule has 0 heterocycles. The summed E-state index contributed by atoms with van der Waals surface area (Å²) in [6.07, 6.45) is 5.76. The van der Waals surface area contributed by atoms with Gasteiger partial charge in [-0.3, -0.25) is 4.79 Å². The van der Waals surface area contributed by atoms with E-state index in [2.05, 4.69) is 32.6 Å². The van der Waals surface area contributed by atoms with Crippen LogP contribution < -0.4 is 5.73 Å². The predicted molar refractivity (Wildman–Crippen MR) is 76.3 cm³/mol. The lowest BCUT2D eigenvalue weighted by Gasteiger charge is -2.33. The molecule has 0 aliphatic heterocycles. The number of nitrogens with two attached hydrogens (primary N) is 1. The van der Waals surface area contributed by atoms with Gasteiger partial charge >= 0.3 is 0 Å². The lowest BCUT2D eigenvalue weighted by molar-refractivity contribution is -0.138. The van der Waals surface area contributed by atoms with Gasteiger partial charge in [0.2, 0.25) is 5.91 Å². The zero-order chi connectivity index (χ0) is 13.8. The Morgan fingerprint density at radius 1 is 1.33 bits per heavy atom. The van der Waals surface area contributed by atoms with Crippen molar-refractivity contribution < 1.29 is 4.79 Å². The van der Waals surface area contributed by atoms with E-state index in [1.807, 2.05) is 0 Å². The highest BCUT2D eigenvalue weighted by Crippen LogP contribution is 2.28. The lowest BCUT2D eigenvalue weighted by atomic mass is 9.84. The second-order valence-electron chi connectivity index (χ2n) is 6.76. The van der Waals surface area contributed by atoms with Crippen LogP contribution in [0.2, 0.25) is 0 Å². The number of carbonyl (C=O) groups is 1. The van der Waals surface area contributed by atoms with Crippen molar-refractivity contribution in [3.8, 4) is 0 Å². The molecular weight excluding hydrogens is 224 g/mol. The summed E-state index contributed by atoms with van der Waals surface area (Å²) in [5.41, 5.74) is 5.99. The Bertz CT molecular complexity index is 264. The van der Waals surface area contributed by atoms with Crippen LogP contribution in [0.15, 0.2) is 0 Å². The summed E-state index contributed by atoms with van der Waals surface area (Å²) in [7, 11) is 0. The molecule has 0 aromatic carbocycles. The van der Waals surface area contributed by atoms with E-state index in [0.29, 0.717) is 12.6 Å². The molecule has 0 bridgehead atoms. The van der Waals surface area contributed by atoms with E-state index in [-0.39, 0.29) is 17.2 Å². The van der Waals surface area contributed by atoms with Crippen molar-refractivity contribution in [1.82, 2.24) is 4.90 Å². The molecule has 0 aromatic rings. The van der Waals surface area contributed by atoms with Gasteiger partial charge in [-0.05, 0) is 31.6 Å². The number of rotatable bonds is 5. The van der Waals surface area contributed by atoms with Gasteiger partial charge in [0.1, 0.15) is 0 Å². The van der Waals surface area contributed by atoms with Crippen LogP contribution in [0.25, 0.3) is 0 Å². The lowest BCUT2D eigenvalue weighted by Crippen LogP contribution is -2.45. The second kappa shape index (κ2) is 6.55. The smallest absolute Gasteiger partial charge is 0.227 e. The molecule has 1 rings (SSSR count). The van der Waals surface area contributed by atoms with Gasteiger partial charge in [0.05, 0.1) is 5.92 Å². The highest BCUT2D eigenvalue weighted by Gasteiger charge is 2.31. The average molecular weight is 254 g/mol. The van der Waals surface area contributed by atoms with E-state index in [0.717, 1.165) is 13.0 Å². The molecule has 0 radical (unpaired) electrons. The van der Waals surface area contributed by atoms with Gasteiger partial charge in [0, 0.05) is 19.1 Å². The van der Waals surface area contributed by atoms with E-state index < -0.39 is 0 Å². The first kappa shape index (κ1) is 15.5. The molecule has 1 fully saturated rings. The minimum atomic E-state index is -0.00875.